The van der Waals surface area contributed by atoms with E-state index in [1.165, 1.54) is 0 Å². The van der Waals surface area contributed by atoms with E-state index in [4.69, 9.17) is 0 Å². The number of hydrogen-bond acceptors (Lipinski definition) is 3. The van der Waals surface area contributed by atoms with Crippen LogP contribution in [-0.2, 0) is 4.79 Å². The summed E-state index contributed by atoms with van der Waals surface area (Å²) < 4.78 is 0. The van der Waals surface area contributed by atoms with Crippen LogP contribution in [0.25, 0.3) is 0 Å². The predicted molar refractivity (Wildman–Crippen MR) is 93.9 cm³/mol. The maximum atomic E-state index is 12.3. The van der Waals surface area contributed by atoms with Crippen LogP contribution in [0.5, 0.6) is 0 Å². The molecule has 0 spiro atoms. The van der Waals surface area contributed by atoms with Gasteiger partial charge in [-0.1, -0.05) is 18.2 Å². The fraction of sp³-hybridized carbons (Fsp3) is 0.500. The minimum Gasteiger partial charge on any atom is -0.341 e. The van der Waals surface area contributed by atoms with E-state index in [2.05, 4.69) is 16.0 Å². The molecule has 1 fully saturated rings. The molecule has 7 heteroatoms. The SMILES string of the molecule is CNCC1CCN(C(=O)C(C)NC(=O)Nc2ccccc2)C1.Cl. The monoisotopic (exact) mass is 340 g/mol. The van der Waals surface area contributed by atoms with Gasteiger partial charge in [0.15, 0.2) is 0 Å². The number of likely N-dealkylation sites (tertiary alicyclic amines) is 1. The Balaban J connectivity index is 0.00000264. The lowest BCUT2D eigenvalue weighted by atomic mass is 10.1. The first kappa shape index (κ1) is 19.3. The minimum atomic E-state index is -0.531. The van der Waals surface area contributed by atoms with Gasteiger partial charge in [-0.15, -0.1) is 12.4 Å². The summed E-state index contributed by atoms with van der Waals surface area (Å²) >= 11 is 0. The molecule has 0 radical (unpaired) electrons. The zero-order valence-corrected chi connectivity index (χ0v) is 14.4. The summed E-state index contributed by atoms with van der Waals surface area (Å²) in [6.45, 7) is 4.15. The van der Waals surface area contributed by atoms with E-state index in [-0.39, 0.29) is 24.3 Å². The molecule has 1 saturated heterocycles. The summed E-state index contributed by atoms with van der Waals surface area (Å²) in [5.74, 6) is 0.473. The Morgan fingerprint density at radius 3 is 2.65 bits per heavy atom. The molecule has 23 heavy (non-hydrogen) atoms. The molecule has 1 aliphatic rings. The van der Waals surface area contributed by atoms with Crippen molar-refractivity contribution in [1.82, 2.24) is 15.5 Å². The molecule has 0 aromatic heterocycles. The maximum absolute atomic E-state index is 12.3. The fourth-order valence-corrected chi connectivity index (χ4v) is 2.71. The number of hydrogen-bond donors (Lipinski definition) is 3. The molecule has 1 aliphatic heterocycles. The van der Waals surface area contributed by atoms with Gasteiger partial charge in [0, 0.05) is 18.8 Å². The number of halogens is 1. The van der Waals surface area contributed by atoms with Gasteiger partial charge in [-0.2, -0.15) is 0 Å². The Labute approximate surface area is 143 Å². The maximum Gasteiger partial charge on any atom is 0.319 e. The summed E-state index contributed by atoms with van der Waals surface area (Å²) in [4.78, 5) is 26.1. The van der Waals surface area contributed by atoms with Crippen molar-refractivity contribution in [2.75, 3.05) is 32.0 Å². The van der Waals surface area contributed by atoms with Crippen molar-refractivity contribution in [1.29, 1.82) is 0 Å². The smallest absolute Gasteiger partial charge is 0.319 e. The van der Waals surface area contributed by atoms with Crippen LogP contribution in [0.1, 0.15) is 13.3 Å². The van der Waals surface area contributed by atoms with Crippen molar-refractivity contribution in [3.63, 3.8) is 0 Å². The topological polar surface area (TPSA) is 73.5 Å². The van der Waals surface area contributed by atoms with Crippen LogP contribution < -0.4 is 16.0 Å². The largest absolute Gasteiger partial charge is 0.341 e. The molecule has 128 valence electrons. The number of urea groups is 1. The van der Waals surface area contributed by atoms with E-state index >= 15 is 0 Å². The van der Waals surface area contributed by atoms with E-state index in [0.717, 1.165) is 26.1 Å². The highest BCUT2D eigenvalue weighted by Gasteiger charge is 2.29. The van der Waals surface area contributed by atoms with E-state index in [9.17, 15) is 9.59 Å². The van der Waals surface area contributed by atoms with Gasteiger partial charge >= 0.3 is 6.03 Å². The Morgan fingerprint density at radius 2 is 2.00 bits per heavy atom. The Morgan fingerprint density at radius 1 is 1.30 bits per heavy atom. The minimum absolute atomic E-state index is 0. The second-order valence-electron chi connectivity index (χ2n) is 5.68. The van der Waals surface area contributed by atoms with Crippen molar-refractivity contribution in [3.05, 3.63) is 30.3 Å². The number of nitrogens with one attached hydrogen (secondary N) is 3. The molecular formula is C16H25ClN4O2. The van der Waals surface area contributed by atoms with Crippen LogP contribution in [0.2, 0.25) is 0 Å². The van der Waals surface area contributed by atoms with Crippen LogP contribution >= 0.6 is 12.4 Å². The molecule has 6 nitrogen and oxygen atoms in total. The first-order chi connectivity index (χ1) is 10.6. The number of amides is 3. The zero-order chi connectivity index (χ0) is 15.9. The number of carbonyl (C=O) groups excluding carboxylic acids is 2. The predicted octanol–water partition coefficient (Wildman–Crippen LogP) is 1.69. The van der Waals surface area contributed by atoms with Crippen LogP contribution in [0.15, 0.2) is 30.3 Å². The van der Waals surface area contributed by atoms with Gasteiger partial charge in [0.05, 0.1) is 0 Å². The Hall–Kier alpha value is -1.79. The zero-order valence-electron chi connectivity index (χ0n) is 13.5. The van der Waals surface area contributed by atoms with Gasteiger partial charge in [-0.05, 0) is 45.0 Å². The highest BCUT2D eigenvalue weighted by molar-refractivity contribution is 5.93. The Bertz CT molecular complexity index is 512. The van der Waals surface area contributed by atoms with E-state index in [0.29, 0.717) is 11.6 Å². The third-order valence-corrected chi connectivity index (χ3v) is 3.84. The number of anilines is 1. The standard InChI is InChI=1S/C16H24N4O2.ClH/c1-12(15(21)20-9-8-13(11-20)10-17-2)18-16(22)19-14-6-4-3-5-7-14;/h3-7,12-13,17H,8-11H2,1-2H3,(H2,18,19,22);1H. The molecule has 1 aromatic rings. The highest BCUT2D eigenvalue weighted by Crippen LogP contribution is 2.16. The number of carbonyl (C=O) groups is 2. The molecule has 2 rings (SSSR count). The van der Waals surface area contributed by atoms with Crippen molar-refractivity contribution in [2.45, 2.75) is 19.4 Å². The van der Waals surface area contributed by atoms with Gasteiger partial charge in [0.2, 0.25) is 5.91 Å². The van der Waals surface area contributed by atoms with E-state index in [1.54, 1.807) is 19.1 Å². The first-order valence-corrected chi connectivity index (χ1v) is 7.66. The van der Waals surface area contributed by atoms with Crippen LogP contribution in [0.4, 0.5) is 10.5 Å². The lowest BCUT2D eigenvalue weighted by Crippen LogP contribution is -2.47. The molecule has 3 amide bonds. The second kappa shape index (κ2) is 9.37. The van der Waals surface area contributed by atoms with Crippen LogP contribution in [0.3, 0.4) is 0 Å². The van der Waals surface area contributed by atoms with Crippen molar-refractivity contribution >= 4 is 30.0 Å². The lowest BCUT2D eigenvalue weighted by molar-refractivity contribution is -0.131. The fourth-order valence-electron chi connectivity index (χ4n) is 2.71. The van der Waals surface area contributed by atoms with Gasteiger partial charge in [0.1, 0.15) is 6.04 Å². The lowest BCUT2D eigenvalue weighted by Gasteiger charge is -2.22. The average Bonchev–Trinajstić information content (AvgIpc) is 2.96. The van der Waals surface area contributed by atoms with Crippen molar-refractivity contribution < 1.29 is 9.59 Å². The van der Waals surface area contributed by atoms with Crippen molar-refractivity contribution in [3.8, 4) is 0 Å². The van der Waals surface area contributed by atoms with Gasteiger partial charge < -0.3 is 20.9 Å². The molecule has 0 aliphatic carbocycles. The van der Waals surface area contributed by atoms with Gasteiger partial charge in [0.25, 0.3) is 0 Å². The number of nitrogens with zero attached hydrogens (tertiary/aromatic N) is 1. The summed E-state index contributed by atoms with van der Waals surface area (Å²) in [6.07, 6.45) is 1.01. The number of benzene rings is 1. The molecule has 2 atom stereocenters. The highest BCUT2D eigenvalue weighted by atomic mass is 35.5. The van der Waals surface area contributed by atoms with E-state index < -0.39 is 6.04 Å². The third kappa shape index (κ3) is 5.73. The third-order valence-electron chi connectivity index (χ3n) is 3.84. The van der Waals surface area contributed by atoms with Gasteiger partial charge in [-0.25, -0.2) is 4.79 Å². The van der Waals surface area contributed by atoms with Crippen LogP contribution in [-0.4, -0.2) is 49.6 Å². The quantitative estimate of drug-likeness (QED) is 0.763. The molecular weight excluding hydrogens is 316 g/mol. The first-order valence-electron chi connectivity index (χ1n) is 7.66. The second-order valence-corrected chi connectivity index (χ2v) is 5.68. The normalized spacial score (nSPS) is 18.0. The molecule has 2 unspecified atom stereocenters. The molecule has 1 aromatic carbocycles. The summed E-state index contributed by atoms with van der Waals surface area (Å²) in [5, 5.41) is 8.55. The molecule has 1 heterocycles. The molecule has 3 N–H and O–H groups in total. The van der Waals surface area contributed by atoms with Crippen LogP contribution in [0, 0.1) is 5.92 Å². The summed E-state index contributed by atoms with van der Waals surface area (Å²) in [5.41, 5.74) is 0.704. The number of para-hydroxylation sites is 1. The van der Waals surface area contributed by atoms with E-state index in [1.807, 2.05) is 30.1 Å². The summed E-state index contributed by atoms with van der Waals surface area (Å²) in [6, 6.07) is 8.27. The molecule has 0 saturated carbocycles. The van der Waals surface area contributed by atoms with Gasteiger partial charge in [-0.3, -0.25) is 4.79 Å². The average molecular weight is 341 g/mol. The summed E-state index contributed by atoms with van der Waals surface area (Å²) in [7, 11) is 1.92. The Kier molecular flexibility index (Phi) is 7.85. The molecule has 0 bridgehead atoms. The number of rotatable bonds is 5. The van der Waals surface area contributed by atoms with Crippen molar-refractivity contribution in [2.24, 2.45) is 5.92 Å².